The smallest absolute Gasteiger partial charge is 0.325 e. The summed E-state index contributed by atoms with van der Waals surface area (Å²) in [7, 11) is 1.41. The Hall–Kier alpha value is -1.53. The molecule has 21 heavy (non-hydrogen) atoms. The first kappa shape index (κ1) is 15.9. The zero-order valence-electron chi connectivity index (χ0n) is 12.5. The minimum atomic E-state index is -0.678. The minimum absolute atomic E-state index is 0.248. The summed E-state index contributed by atoms with van der Waals surface area (Å²) in [6, 6.07) is 7.66. The standard InChI is InChI=1S/C15H20N2O3S/c1-4-16-15(2,13(18)19-3)9-10-21-14-17-11-7-5-6-8-12(11)20-14/h5-8,16H,4,9-10H2,1-3H3. The number of aromatic nitrogens is 1. The molecule has 1 unspecified atom stereocenters. The molecule has 0 amide bonds. The minimum Gasteiger partial charge on any atom is -0.468 e. The van der Waals surface area contributed by atoms with E-state index in [1.54, 1.807) is 0 Å². The van der Waals surface area contributed by atoms with E-state index in [0.29, 0.717) is 23.9 Å². The summed E-state index contributed by atoms with van der Waals surface area (Å²) < 4.78 is 10.5. The van der Waals surface area contributed by atoms with Gasteiger partial charge in [0.15, 0.2) is 5.58 Å². The number of benzene rings is 1. The molecule has 0 aliphatic rings. The van der Waals surface area contributed by atoms with Gasteiger partial charge in [0.25, 0.3) is 5.22 Å². The van der Waals surface area contributed by atoms with Gasteiger partial charge in [-0.1, -0.05) is 30.8 Å². The number of likely N-dealkylation sites (N-methyl/N-ethyl adjacent to an activating group) is 1. The first-order valence-corrected chi connectivity index (χ1v) is 7.89. The topological polar surface area (TPSA) is 64.4 Å². The van der Waals surface area contributed by atoms with Crippen LogP contribution in [0.15, 0.2) is 33.9 Å². The number of thioether (sulfide) groups is 1. The van der Waals surface area contributed by atoms with Crippen molar-refractivity contribution in [1.29, 1.82) is 0 Å². The molecular weight excluding hydrogens is 288 g/mol. The van der Waals surface area contributed by atoms with Gasteiger partial charge in [-0.2, -0.15) is 0 Å². The maximum absolute atomic E-state index is 11.9. The third-order valence-electron chi connectivity index (χ3n) is 3.30. The molecule has 1 N–H and O–H groups in total. The zero-order chi connectivity index (χ0) is 15.3. The van der Waals surface area contributed by atoms with E-state index in [9.17, 15) is 4.79 Å². The van der Waals surface area contributed by atoms with Crippen molar-refractivity contribution in [2.75, 3.05) is 19.4 Å². The predicted molar refractivity (Wildman–Crippen MR) is 83.4 cm³/mol. The molecule has 0 saturated heterocycles. The second-order valence-electron chi connectivity index (χ2n) is 4.90. The second-order valence-corrected chi connectivity index (χ2v) is 5.95. The highest BCUT2D eigenvalue weighted by atomic mass is 32.2. The highest BCUT2D eigenvalue weighted by molar-refractivity contribution is 7.99. The summed E-state index contributed by atoms with van der Waals surface area (Å²) in [5.74, 6) is 0.466. The Morgan fingerprint density at radius 1 is 1.48 bits per heavy atom. The molecule has 6 heteroatoms. The van der Waals surface area contributed by atoms with Crippen LogP contribution in [0.2, 0.25) is 0 Å². The summed E-state index contributed by atoms with van der Waals surface area (Å²) in [5.41, 5.74) is 0.951. The highest BCUT2D eigenvalue weighted by Gasteiger charge is 2.33. The molecule has 0 aliphatic heterocycles. The third kappa shape index (κ3) is 3.77. The van der Waals surface area contributed by atoms with E-state index in [0.717, 1.165) is 11.1 Å². The van der Waals surface area contributed by atoms with Gasteiger partial charge in [-0.3, -0.25) is 4.79 Å². The maximum Gasteiger partial charge on any atom is 0.325 e. The van der Waals surface area contributed by atoms with Crippen molar-refractivity contribution in [1.82, 2.24) is 10.3 Å². The Labute approximate surface area is 128 Å². The number of esters is 1. The molecule has 5 nitrogen and oxygen atoms in total. The molecule has 0 bridgehead atoms. The van der Waals surface area contributed by atoms with Crippen LogP contribution in [-0.4, -0.2) is 35.9 Å². The molecule has 2 aromatic rings. The maximum atomic E-state index is 11.9. The van der Waals surface area contributed by atoms with Gasteiger partial charge >= 0.3 is 5.97 Å². The Morgan fingerprint density at radius 3 is 2.90 bits per heavy atom. The van der Waals surface area contributed by atoms with E-state index < -0.39 is 5.54 Å². The predicted octanol–water partition coefficient (Wildman–Crippen LogP) is 2.85. The molecule has 0 aliphatic carbocycles. The van der Waals surface area contributed by atoms with Gasteiger partial charge in [0, 0.05) is 5.75 Å². The Balaban J connectivity index is 1.97. The van der Waals surface area contributed by atoms with E-state index in [-0.39, 0.29) is 5.97 Å². The van der Waals surface area contributed by atoms with Crippen molar-refractivity contribution in [2.45, 2.75) is 31.0 Å². The first-order chi connectivity index (χ1) is 10.1. The number of para-hydroxylation sites is 2. The quantitative estimate of drug-likeness (QED) is 0.627. The van der Waals surface area contributed by atoms with Crippen LogP contribution < -0.4 is 5.32 Å². The summed E-state index contributed by atoms with van der Waals surface area (Å²) in [6.45, 7) is 4.53. The molecule has 0 radical (unpaired) electrons. The van der Waals surface area contributed by atoms with Gasteiger partial charge in [-0.05, 0) is 32.0 Å². The lowest BCUT2D eigenvalue weighted by Crippen LogP contribution is -2.50. The molecule has 0 saturated carbocycles. The van der Waals surface area contributed by atoms with Crippen LogP contribution in [0.3, 0.4) is 0 Å². The van der Waals surface area contributed by atoms with Crippen molar-refractivity contribution in [3.8, 4) is 0 Å². The van der Waals surface area contributed by atoms with Gasteiger partial charge in [0.2, 0.25) is 0 Å². The molecule has 114 valence electrons. The number of ether oxygens (including phenoxy) is 1. The third-order valence-corrected chi connectivity index (χ3v) is 4.13. The fraction of sp³-hybridized carbons (Fsp3) is 0.467. The van der Waals surface area contributed by atoms with Crippen LogP contribution >= 0.6 is 11.8 Å². The van der Waals surface area contributed by atoms with Gasteiger partial charge in [-0.15, -0.1) is 0 Å². The van der Waals surface area contributed by atoms with E-state index in [1.165, 1.54) is 18.9 Å². The normalized spacial score (nSPS) is 14.0. The number of carbonyl (C=O) groups is 1. The number of hydrogen-bond acceptors (Lipinski definition) is 6. The Morgan fingerprint density at radius 2 is 2.24 bits per heavy atom. The molecule has 1 atom stereocenters. The SMILES string of the molecule is CCNC(C)(CCSc1nc2ccccc2o1)C(=O)OC. The van der Waals surface area contributed by atoms with Crippen LogP contribution in [0.4, 0.5) is 0 Å². The fourth-order valence-electron chi connectivity index (χ4n) is 2.13. The van der Waals surface area contributed by atoms with Crippen molar-refractivity contribution < 1.29 is 13.9 Å². The van der Waals surface area contributed by atoms with E-state index in [2.05, 4.69) is 10.3 Å². The van der Waals surface area contributed by atoms with Gasteiger partial charge < -0.3 is 14.5 Å². The summed E-state index contributed by atoms with van der Waals surface area (Å²) in [5, 5.41) is 3.81. The molecule has 2 rings (SSSR count). The lowest BCUT2D eigenvalue weighted by atomic mass is 9.99. The summed E-state index contributed by atoms with van der Waals surface area (Å²) in [4.78, 5) is 16.3. The highest BCUT2D eigenvalue weighted by Crippen LogP contribution is 2.25. The summed E-state index contributed by atoms with van der Waals surface area (Å²) in [6.07, 6.45) is 0.636. The molecular formula is C15H20N2O3S. The van der Waals surface area contributed by atoms with E-state index >= 15 is 0 Å². The lowest BCUT2D eigenvalue weighted by Gasteiger charge is -2.27. The van der Waals surface area contributed by atoms with Crippen molar-refractivity contribution in [3.63, 3.8) is 0 Å². The number of nitrogens with one attached hydrogen (secondary N) is 1. The van der Waals surface area contributed by atoms with Crippen molar-refractivity contribution in [2.24, 2.45) is 0 Å². The Kier molecular flexibility index (Phi) is 5.25. The molecule has 1 aromatic carbocycles. The number of fused-ring (bicyclic) bond motifs is 1. The molecule has 0 spiro atoms. The van der Waals surface area contributed by atoms with E-state index in [4.69, 9.17) is 9.15 Å². The fourth-order valence-corrected chi connectivity index (χ4v) is 3.13. The molecule has 1 aromatic heterocycles. The second kappa shape index (κ2) is 6.95. The van der Waals surface area contributed by atoms with E-state index in [1.807, 2.05) is 38.1 Å². The van der Waals surface area contributed by atoms with Crippen LogP contribution in [0, 0.1) is 0 Å². The zero-order valence-corrected chi connectivity index (χ0v) is 13.3. The number of hydrogen-bond donors (Lipinski definition) is 1. The largest absolute Gasteiger partial charge is 0.468 e. The monoisotopic (exact) mass is 308 g/mol. The number of rotatable bonds is 7. The average molecular weight is 308 g/mol. The number of methoxy groups -OCH3 is 1. The van der Waals surface area contributed by atoms with Crippen LogP contribution in [-0.2, 0) is 9.53 Å². The molecule has 0 fully saturated rings. The average Bonchev–Trinajstić information content (AvgIpc) is 2.89. The number of carbonyl (C=O) groups excluding carboxylic acids is 1. The lowest BCUT2D eigenvalue weighted by molar-refractivity contribution is -0.148. The Bertz CT molecular complexity index is 581. The number of oxazole rings is 1. The van der Waals surface area contributed by atoms with Gasteiger partial charge in [-0.25, -0.2) is 4.98 Å². The van der Waals surface area contributed by atoms with Crippen molar-refractivity contribution in [3.05, 3.63) is 24.3 Å². The van der Waals surface area contributed by atoms with Gasteiger partial charge in [0.1, 0.15) is 11.1 Å². The van der Waals surface area contributed by atoms with Crippen molar-refractivity contribution >= 4 is 28.8 Å². The van der Waals surface area contributed by atoms with Crippen LogP contribution in [0.1, 0.15) is 20.3 Å². The molecule has 1 heterocycles. The van der Waals surface area contributed by atoms with Gasteiger partial charge in [0.05, 0.1) is 7.11 Å². The summed E-state index contributed by atoms with van der Waals surface area (Å²) >= 11 is 1.50. The van der Waals surface area contributed by atoms with Crippen LogP contribution in [0.25, 0.3) is 11.1 Å². The number of nitrogens with zero attached hydrogens (tertiary/aromatic N) is 1. The van der Waals surface area contributed by atoms with Crippen LogP contribution in [0.5, 0.6) is 0 Å². The first-order valence-electron chi connectivity index (χ1n) is 6.91.